The minimum absolute atomic E-state index is 0.174. The van der Waals surface area contributed by atoms with E-state index in [1.165, 1.54) is 7.11 Å². The van der Waals surface area contributed by atoms with Crippen molar-refractivity contribution in [3.8, 4) is 0 Å². The number of aromatic nitrogens is 1. The number of amides is 1. The summed E-state index contributed by atoms with van der Waals surface area (Å²) in [6.45, 7) is 6.52. The third-order valence-electron chi connectivity index (χ3n) is 4.37. The molecule has 1 aromatic heterocycles. The maximum Gasteiger partial charge on any atom is 0.355 e. The molecule has 2 rings (SSSR count). The van der Waals surface area contributed by atoms with Crippen LogP contribution in [0.5, 0.6) is 0 Å². The van der Waals surface area contributed by atoms with Crippen LogP contribution in [0.1, 0.15) is 51.9 Å². The van der Waals surface area contributed by atoms with Gasteiger partial charge in [-0.1, -0.05) is 6.92 Å². The maximum atomic E-state index is 12.2. The molecule has 0 saturated carbocycles. The minimum atomic E-state index is -0.649. The number of esters is 2. The first-order valence-electron chi connectivity index (χ1n) is 8.07. The van der Waals surface area contributed by atoms with Crippen molar-refractivity contribution in [2.45, 2.75) is 33.6 Å². The van der Waals surface area contributed by atoms with E-state index in [4.69, 9.17) is 9.47 Å². The summed E-state index contributed by atoms with van der Waals surface area (Å²) in [5, 5.41) is 0. The van der Waals surface area contributed by atoms with Gasteiger partial charge in [0, 0.05) is 18.8 Å². The van der Waals surface area contributed by atoms with Crippen molar-refractivity contribution < 1.29 is 23.9 Å². The summed E-state index contributed by atoms with van der Waals surface area (Å²) in [7, 11) is 1.28. The van der Waals surface area contributed by atoms with E-state index in [-0.39, 0.29) is 18.2 Å². The quantitative estimate of drug-likeness (QED) is 0.848. The van der Waals surface area contributed by atoms with Gasteiger partial charge in [0.2, 0.25) is 0 Å². The summed E-state index contributed by atoms with van der Waals surface area (Å²) in [6, 6.07) is 0. The summed E-state index contributed by atoms with van der Waals surface area (Å²) < 4.78 is 9.83. The number of carbonyl (C=O) groups is 3. The zero-order chi connectivity index (χ0) is 17.9. The van der Waals surface area contributed by atoms with Crippen LogP contribution in [0.25, 0.3) is 0 Å². The van der Waals surface area contributed by atoms with Crippen LogP contribution >= 0.6 is 0 Å². The fourth-order valence-electron chi connectivity index (χ4n) is 3.07. The number of ether oxygens (including phenoxy) is 2. The van der Waals surface area contributed by atoms with Crippen molar-refractivity contribution in [3.05, 3.63) is 22.5 Å². The van der Waals surface area contributed by atoms with Gasteiger partial charge in [0.05, 0.1) is 12.7 Å². The van der Waals surface area contributed by atoms with Crippen LogP contribution in [0, 0.1) is 19.8 Å². The molecule has 1 atom stereocenters. The molecular weight excluding hydrogens is 312 g/mol. The number of H-pyrrole nitrogens is 1. The number of aryl methyl sites for hydroxylation is 1. The van der Waals surface area contributed by atoms with E-state index < -0.39 is 11.9 Å². The highest BCUT2D eigenvalue weighted by atomic mass is 16.5. The molecule has 7 heteroatoms. The highest BCUT2D eigenvalue weighted by Gasteiger charge is 2.25. The zero-order valence-corrected chi connectivity index (χ0v) is 14.6. The number of hydrogen-bond acceptors (Lipinski definition) is 5. The Labute approximate surface area is 141 Å². The topological polar surface area (TPSA) is 88.7 Å². The number of hydrogen-bond donors (Lipinski definition) is 1. The molecule has 1 N–H and O–H groups in total. The van der Waals surface area contributed by atoms with Crippen LogP contribution in [-0.2, 0) is 14.3 Å². The Bertz CT molecular complexity index is 650. The van der Waals surface area contributed by atoms with E-state index in [0.29, 0.717) is 35.8 Å². The molecular formula is C17H24N2O5. The van der Waals surface area contributed by atoms with Gasteiger partial charge in [-0.25, -0.2) is 9.59 Å². The van der Waals surface area contributed by atoms with Gasteiger partial charge in [0.15, 0.2) is 6.61 Å². The Balaban J connectivity index is 2.00. The number of nitrogens with zero attached hydrogens (tertiary/aromatic N) is 1. The van der Waals surface area contributed by atoms with Crippen LogP contribution in [0.15, 0.2) is 0 Å². The van der Waals surface area contributed by atoms with Crippen LogP contribution in [0.4, 0.5) is 0 Å². The predicted molar refractivity (Wildman–Crippen MR) is 86.9 cm³/mol. The molecule has 0 aliphatic carbocycles. The lowest BCUT2D eigenvalue weighted by atomic mass is 10.0. The standard InChI is InChI=1S/C17H24N2O5/c1-10-6-5-7-19(8-10)13(20)9-24-17(22)15-11(2)14(12(3)18-15)16(21)23-4/h10,18H,5-9H2,1-4H3. The third-order valence-corrected chi connectivity index (χ3v) is 4.37. The predicted octanol–water partition coefficient (Wildman–Crippen LogP) is 1.83. The molecule has 1 aliphatic rings. The lowest BCUT2D eigenvalue weighted by molar-refractivity contribution is -0.136. The highest BCUT2D eigenvalue weighted by Crippen LogP contribution is 2.20. The lowest BCUT2D eigenvalue weighted by Crippen LogP contribution is -2.41. The van der Waals surface area contributed by atoms with Crippen molar-refractivity contribution in [2.24, 2.45) is 5.92 Å². The number of methoxy groups -OCH3 is 1. The van der Waals surface area contributed by atoms with Gasteiger partial charge < -0.3 is 19.4 Å². The first-order chi connectivity index (χ1) is 11.3. The largest absolute Gasteiger partial charge is 0.465 e. The molecule has 0 spiro atoms. The van der Waals surface area contributed by atoms with Gasteiger partial charge in [-0.3, -0.25) is 4.79 Å². The van der Waals surface area contributed by atoms with E-state index in [1.807, 2.05) is 0 Å². The summed E-state index contributed by atoms with van der Waals surface area (Å²) in [5.41, 5.74) is 1.49. The van der Waals surface area contributed by atoms with Crippen molar-refractivity contribution >= 4 is 17.8 Å². The van der Waals surface area contributed by atoms with E-state index in [9.17, 15) is 14.4 Å². The molecule has 7 nitrogen and oxygen atoms in total. The first-order valence-corrected chi connectivity index (χ1v) is 8.07. The second-order valence-electron chi connectivity index (χ2n) is 6.28. The Morgan fingerprint density at radius 3 is 2.58 bits per heavy atom. The van der Waals surface area contributed by atoms with Gasteiger partial charge in [-0.05, 0) is 38.2 Å². The molecule has 1 fully saturated rings. The lowest BCUT2D eigenvalue weighted by Gasteiger charge is -2.30. The Kier molecular flexibility index (Phi) is 5.64. The van der Waals surface area contributed by atoms with Crippen LogP contribution in [0.2, 0.25) is 0 Å². The van der Waals surface area contributed by atoms with E-state index in [1.54, 1.807) is 18.7 Å². The van der Waals surface area contributed by atoms with Crippen molar-refractivity contribution in [1.82, 2.24) is 9.88 Å². The molecule has 1 aliphatic heterocycles. The van der Waals surface area contributed by atoms with Crippen LogP contribution in [-0.4, -0.2) is 54.5 Å². The molecule has 1 amide bonds. The number of carbonyl (C=O) groups excluding carboxylic acids is 3. The van der Waals surface area contributed by atoms with Crippen molar-refractivity contribution in [2.75, 3.05) is 26.8 Å². The maximum absolute atomic E-state index is 12.2. The van der Waals surface area contributed by atoms with Gasteiger partial charge >= 0.3 is 11.9 Å². The van der Waals surface area contributed by atoms with Gasteiger partial charge in [-0.15, -0.1) is 0 Å². The fraction of sp³-hybridized carbons (Fsp3) is 0.588. The molecule has 1 saturated heterocycles. The monoisotopic (exact) mass is 336 g/mol. The number of rotatable bonds is 4. The summed E-state index contributed by atoms with van der Waals surface area (Å²) in [5.74, 6) is -0.888. The number of nitrogens with one attached hydrogen (secondary N) is 1. The average molecular weight is 336 g/mol. The molecule has 0 radical (unpaired) electrons. The van der Waals surface area contributed by atoms with Crippen LogP contribution < -0.4 is 0 Å². The molecule has 0 bridgehead atoms. The second kappa shape index (κ2) is 7.51. The Morgan fingerprint density at radius 1 is 1.25 bits per heavy atom. The Morgan fingerprint density at radius 2 is 1.96 bits per heavy atom. The average Bonchev–Trinajstić information content (AvgIpc) is 2.86. The van der Waals surface area contributed by atoms with E-state index >= 15 is 0 Å². The van der Waals surface area contributed by atoms with Crippen molar-refractivity contribution in [1.29, 1.82) is 0 Å². The van der Waals surface area contributed by atoms with Gasteiger partial charge in [0.1, 0.15) is 5.69 Å². The smallest absolute Gasteiger partial charge is 0.355 e. The summed E-state index contributed by atoms with van der Waals surface area (Å²) in [6.07, 6.45) is 2.08. The molecule has 24 heavy (non-hydrogen) atoms. The molecule has 1 aromatic rings. The first kappa shape index (κ1) is 18.0. The highest BCUT2D eigenvalue weighted by molar-refractivity contribution is 5.99. The van der Waals surface area contributed by atoms with Gasteiger partial charge in [0.25, 0.3) is 5.91 Å². The molecule has 132 valence electrons. The summed E-state index contributed by atoms with van der Waals surface area (Å²) >= 11 is 0. The number of aromatic amines is 1. The SMILES string of the molecule is COC(=O)c1c(C)[nH]c(C(=O)OCC(=O)N2CCCC(C)C2)c1C. The zero-order valence-electron chi connectivity index (χ0n) is 14.6. The molecule has 2 heterocycles. The molecule has 0 aromatic carbocycles. The fourth-order valence-corrected chi connectivity index (χ4v) is 3.07. The van der Waals surface area contributed by atoms with E-state index in [2.05, 4.69) is 11.9 Å². The van der Waals surface area contributed by atoms with Gasteiger partial charge in [-0.2, -0.15) is 0 Å². The second-order valence-corrected chi connectivity index (χ2v) is 6.28. The molecule has 1 unspecified atom stereocenters. The number of likely N-dealkylation sites (tertiary alicyclic amines) is 1. The van der Waals surface area contributed by atoms with Crippen molar-refractivity contribution in [3.63, 3.8) is 0 Å². The third kappa shape index (κ3) is 3.77. The Hall–Kier alpha value is -2.31. The number of piperidine rings is 1. The minimum Gasteiger partial charge on any atom is -0.465 e. The summed E-state index contributed by atoms with van der Waals surface area (Å²) in [4.78, 5) is 40.7. The normalized spacial score (nSPS) is 17.5. The van der Waals surface area contributed by atoms with Crippen LogP contribution in [0.3, 0.4) is 0 Å². The van der Waals surface area contributed by atoms with E-state index in [0.717, 1.165) is 12.8 Å².